The molecule has 3 heteroatoms. The van der Waals surface area contributed by atoms with Crippen LogP contribution in [-0.4, -0.2) is 25.8 Å². The van der Waals surface area contributed by atoms with Gasteiger partial charge in [0.2, 0.25) is 0 Å². The van der Waals surface area contributed by atoms with E-state index in [1.54, 1.807) is 7.11 Å². The third-order valence-corrected chi connectivity index (χ3v) is 2.83. The number of unbranched alkanes of at least 4 members (excludes halogenated alkanes) is 1. The summed E-state index contributed by atoms with van der Waals surface area (Å²) in [6.45, 7) is 0.733. The van der Waals surface area contributed by atoms with Crippen LogP contribution in [0.2, 0.25) is 0 Å². The summed E-state index contributed by atoms with van der Waals surface area (Å²) in [5, 5.41) is 0. The molecule has 0 amide bonds. The average Bonchev–Trinajstić information content (AvgIpc) is 2.26. The Hall–Kier alpha value is -0.570. The average molecular weight is 214 g/mol. The fourth-order valence-corrected chi connectivity index (χ4v) is 1.94. The molecule has 0 aromatic heterocycles. The van der Waals surface area contributed by atoms with E-state index in [9.17, 15) is 4.79 Å². The second-order valence-corrected chi connectivity index (χ2v) is 4.20. The van der Waals surface area contributed by atoms with E-state index in [-0.39, 0.29) is 12.1 Å². The second-order valence-electron chi connectivity index (χ2n) is 4.20. The van der Waals surface area contributed by atoms with E-state index in [0.717, 1.165) is 32.3 Å². The first kappa shape index (κ1) is 12.5. The van der Waals surface area contributed by atoms with E-state index in [0.29, 0.717) is 6.42 Å². The fraction of sp³-hybridized carbons (Fsp3) is 0.917. The summed E-state index contributed by atoms with van der Waals surface area (Å²) in [6.07, 6.45) is 8.39. The number of ether oxygens (including phenoxy) is 2. The van der Waals surface area contributed by atoms with E-state index in [1.165, 1.54) is 19.3 Å². The van der Waals surface area contributed by atoms with Crippen molar-refractivity contribution in [3.63, 3.8) is 0 Å². The first-order valence-corrected chi connectivity index (χ1v) is 6.01. The molecule has 1 aliphatic rings. The minimum absolute atomic E-state index is 0.0296. The molecule has 1 saturated carbocycles. The Balaban J connectivity index is 2.01. The third-order valence-electron chi connectivity index (χ3n) is 2.83. The van der Waals surface area contributed by atoms with Gasteiger partial charge in [-0.05, 0) is 38.5 Å². The van der Waals surface area contributed by atoms with E-state index in [1.807, 2.05) is 0 Å². The molecule has 0 aromatic carbocycles. The van der Waals surface area contributed by atoms with Crippen LogP contribution in [0.4, 0.5) is 0 Å². The van der Waals surface area contributed by atoms with Crippen molar-refractivity contribution in [1.29, 1.82) is 0 Å². The lowest BCUT2D eigenvalue weighted by Gasteiger charge is -2.21. The minimum Gasteiger partial charge on any atom is -0.462 e. The maximum absolute atomic E-state index is 11.4. The summed E-state index contributed by atoms with van der Waals surface area (Å²) >= 11 is 0. The Bertz CT molecular complexity index is 174. The molecule has 0 heterocycles. The molecule has 0 bridgehead atoms. The Morgan fingerprint density at radius 2 is 1.93 bits per heavy atom. The number of methoxy groups -OCH3 is 1. The predicted octanol–water partition coefficient (Wildman–Crippen LogP) is 2.68. The first-order valence-electron chi connectivity index (χ1n) is 6.01. The third kappa shape index (κ3) is 5.78. The topological polar surface area (TPSA) is 35.5 Å². The summed E-state index contributed by atoms with van der Waals surface area (Å²) < 4.78 is 10.3. The van der Waals surface area contributed by atoms with Gasteiger partial charge in [-0.3, -0.25) is 4.79 Å². The van der Waals surface area contributed by atoms with Gasteiger partial charge in [0, 0.05) is 20.1 Å². The smallest absolute Gasteiger partial charge is 0.306 e. The Morgan fingerprint density at radius 3 is 2.60 bits per heavy atom. The molecule has 3 nitrogen and oxygen atoms in total. The zero-order valence-electron chi connectivity index (χ0n) is 9.67. The van der Waals surface area contributed by atoms with Gasteiger partial charge in [-0.25, -0.2) is 0 Å². The molecule has 0 aromatic rings. The Kier molecular flexibility index (Phi) is 6.41. The maximum Gasteiger partial charge on any atom is 0.306 e. The largest absolute Gasteiger partial charge is 0.462 e. The molecule has 0 aliphatic heterocycles. The predicted molar refractivity (Wildman–Crippen MR) is 58.7 cm³/mol. The normalized spacial score (nSPS) is 17.7. The number of esters is 1. The molecule has 88 valence electrons. The number of rotatable bonds is 6. The molecule has 0 N–H and O–H groups in total. The lowest BCUT2D eigenvalue weighted by atomic mass is 9.98. The van der Waals surface area contributed by atoms with Crippen LogP contribution in [0.25, 0.3) is 0 Å². The summed E-state index contributed by atoms with van der Waals surface area (Å²) in [4.78, 5) is 11.4. The molecular formula is C12H22O3. The Labute approximate surface area is 92.1 Å². The van der Waals surface area contributed by atoms with Gasteiger partial charge in [-0.2, -0.15) is 0 Å². The molecule has 0 atom stereocenters. The van der Waals surface area contributed by atoms with Crippen LogP contribution in [-0.2, 0) is 14.3 Å². The standard InChI is InChI=1S/C12H22O3/c1-14-10-6-5-9-12(13)15-11-7-3-2-4-8-11/h11H,2-10H2,1H3. The van der Waals surface area contributed by atoms with Gasteiger partial charge in [-0.1, -0.05) is 6.42 Å². The lowest BCUT2D eigenvalue weighted by molar-refractivity contribution is -0.150. The van der Waals surface area contributed by atoms with Crippen LogP contribution in [0.5, 0.6) is 0 Å². The van der Waals surface area contributed by atoms with Crippen LogP contribution >= 0.6 is 0 Å². The monoisotopic (exact) mass is 214 g/mol. The van der Waals surface area contributed by atoms with Crippen LogP contribution in [0, 0.1) is 0 Å². The minimum atomic E-state index is -0.0296. The van der Waals surface area contributed by atoms with Crippen molar-refractivity contribution >= 4 is 5.97 Å². The molecule has 0 saturated heterocycles. The van der Waals surface area contributed by atoms with Crippen molar-refractivity contribution in [1.82, 2.24) is 0 Å². The second kappa shape index (κ2) is 7.69. The first-order chi connectivity index (χ1) is 7.33. The van der Waals surface area contributed by atoms with Crippen LogP contribution < -0.4 is 0 Å². The number of hydrogen-bond acceptors (Lipinski definition) is 3. The molecular weight excluding hydrogens is 192 g/mol. The number of hydrogen-bond donors (Lipinski definition) is 0. The molecule has 0 unspecified atom stereocenters. The number of carbonyl (C=O) groups is 1. The SMILES string of the molecule is COCCCCC(=O)OC1CCCCC1. The van der Waals surface area contributed by atoms with Crippen LogP contribution in [0.3, 0.4) is 0 Å². The maximum atomic E-state index is 11.4. The highest BCUT2D eigenvalue weighted by molar-refractivity contribution is 5.69. The molecule has 1 rings (SSSR count). The highest BCUT2D eigenvalue weighted by Crippen LogP contribution is 2.20. The van der Waals surface area contributed by atoms with Crippen molar-refractivity contribution in [2.75, 3.05) is 13.7 Å². The van der Waals surface area contributed by atoms with Crippen molar-refractivity contribution in [3.05, 3.63) is 0 Å². The molecule has 0 spiro atoms. The quantitative estimate of drug-likeness (QED) is 0.503. The van der Waals surface area contributed by atoms with E-state index in [2.05, 4.69) is 0 Å². The number of carbonyl (C=O) groups excluding carboxylic acids is 1. The van der Waals surface area contributed by atoms with E-state index >= 15 is 0 Å². The van der Waals surface area contributed by atoms with E-state index in [4.69, 9.17) is 9.47 Å². The Morgan fingerprint density at radius 1 is 1.20 bits per heavy atom. The van der Waals surface area contributed by atoms with Crippen molar-refractivity contribution in [2.24, 2.45) is 0 Å². The van der Waals surface area contributed by atoms with Gasteiger partial charge < -0.3 is 9.47 Å². The summed E-state index contributed by atoms with van der Waals surface area (Å²) in [6, 6.07) is 0. The van der Waals surface area contributed by atoms with Crippen molar-refractivity contribution in [3.8, 4) is 0 Å². The molecule has 1 fully saturated rings. The summed E-state index contributed by atoms with van der Waals surface area (Å²) in [7, 11) is 1.68. The van der Waals surface area contributed by atoms with Gasteiger partial charge >= 0.3 is 5.97 Å². The van der Waals surface area contributed by atoms with E-state index < -0.39 is 0 Å². The fourth-order valence-electron chi connectivity index (χ4n) is 1.94. The molecule has 0 radical (unpaired) electrons. The van der Waals surface area contributed by atoms with Crippen LogP contribution in [0.1, 0.15) is 51.4 Å². The van der Waals surface area contributed by atoms with Gasteiger partial charge in [0.15, 0.2) is 0 Å². The van der Waals surface area contributed by atoms with Gasteiger partial charge in [0.1, 0.15) is 6.10 Å². The van der Waals surface area contributed by atoms with Gasteiger partial charge in [0.05, 0.1) is 0 Å². The van der Waals surface area contributed by atoms with Gasteiger partial charge in [-0.15, -0.1) is 0 Å². The summed E-state index contributed by atoms with van der Waals surface area (Å²) in [5.41, 5.74) is 0. The summed E-state index contributed by atoms with van der Waals surface area (Å²) in [5.74, 6) is -0.0296. The highest BCUT2D eigenvalue weighted by Gasteiger charge is 2.16. The lowest BCUT2D eigenvalue weighted by Crippen LogP contribution is -2.20. The zero-order valence-corrected chi connectivity index (χ0v) is 9.67. The molecule has 15 heavy (non-hydrogen) atoms. The van der Waals surface area contributed by atoms with Crippen molar-refractivity contribution < 1.29 is 14.3 Å². The zero-order chi connectivity index (χ0) is 10.9. The van der Waals surface area contributed by atoms with Crippen molar-refractivity contribution in [2.45, 2.75) is 57.5 Å². The van der Waals surface area contributed by atoms with Gasteiger partial charge in [0.25, 0.3) is 0 Å². The highest BCUT2D eigenvalue weighted by atomic mass is 16.5. The molecule has 1 aliphatic carbocycles. The van der Waals surface area contributed by atoms with Crippen LogP contribution in [0.15, 0.2) is 0 Å².